The summed E-state index contributed by atoms with van der Waals surface area (Å²) in [7, 11) is 0. The Balaban J connectivity index is 1.08. The third-order valence-corrected chi connectivity index (χ3v) is 7.64. The van der Waals surface area contributed by atoms with Gasteiger partial charge in [-0.3, -0.25) is 14.7 Å². The molecule has 0 saturated carbocycles. The molecule has 9 heteroatoms. The highest BCUT2D eigenvalue weighted by Crippen LogP contribution is 2.31. The highest BCUT2D eigenvalue weighted by molar-refractivity contribution is 5.94. The lowest BCUT2D eigenvalue weighted by Gasteiger charge is -2.33. The van der Waals surface area contributed by atoms with Gasteiger partial charge in [-0.1, -0.05) is 6.07 Å². The van der Waals surface area contributed by atoms with E-state index in [1.165, 1.54) is 17.7 Å². The standard InChI is InChI=1S/C30H33F3N4O2/c31-30(32,33)24-4-6-25(7-5-24)37-18-12-26(13-19-37)39-29-3-1-2-27(35-29)28(38)20-22-10-16-36(17-11-22)21-23-8-14-34-15-9-23/h1-9,14-15,22,26H,10-13,16-21H2. The van der Waals surface area contributed by atoms with Crippen LogP contribution in [-0.4, -0.2) is 52.9 Å². The van der Waals surface area contributed by atoms with Crippen molar-refractivity contribution in [3.05, 3.63) is 83.8 Å². The summed E-state index contributed by atoms with van der Waals surface area (Å²) in [6, 6.07) is 14.7. The van der Waals surface area contributed by atoms with Gasteiger partial charge in [0.1, 0.15) is 11.8 Å². The van der Waals surface area contributed by atoms with Crippen LogP contribution in [0, 0.1) is 5.92 Å². The minimum atomic E-state index is -4.33. The first-order valence-electron chi connectivity index (χ1n) is 13.5. The maximum Gasteiger partial charge on any atom is 0.416 e. The van der Waals surface area contributed by atoms with E-state index in [2.05, 4.69) is 19.8 Å². The van der Waals surface area contributed by atoms with E-state index in [1.54, 1.807) is 12.1 Å². The minimum Gasteiger partial charge on any atom is -0.474 e. The van der Waals surface area contributed by atoms with Crippen molar-refractivity contribution >= 4 is 11.5 Å². The van der Waals surface area contributed by atoms with Gasteiger partial charge in [0, 0.05) is 63.0 Å². The molecule has 0 atom stereocenters. The number of likely N-dealkylation sites (tertiary alicyclic amines) is 1. The van der Waals surface area contributed by atoms with Crippen LogP contribution in [0.4, 0.5) is 18.9 Å². The number of carbonyl (C=O) groups excluding carboxylic acids is 1. The van der Waals surface area contributed by atoms with E-state index in [0.717, 1.165) is 63.1 Å². The molecule has 2 aliphatic heterocycles. The second kappa shape index (κ2) is 12.2. The molecule has 3 aromatic rings. The van der Waals surface area contributed by atoms with Crippen molar-refractivity contribution in [2.75, 3.05) is 31.1 Å². The molecule has 2 fully saturated rings. The Bertz CT molecular complexity index is 1220. The van der Waals surface area contributed by atoms with E-state index >= 15 is 0 Å². The van der Waals surface area contributed by atoms with Crippen LogP contribution >= 0.6 is 0 Å². The molecule has 1 aromatic carbocycles. The number of alkyl halides is 3. The number of hydrogen-bond acceptors (Lipinski definition) is 6. The van der Waals surface area contributed by atoms with Crippen LogP contribution in [-0.2, 0) is 12.7 Å². The summed E-state index contributed by atoms with van der Waals surface area (Å²) in [4.78, 5) is 26.1. The van der Waals surface area contributed by atoms with Gasteiger partial charge < -0.3 is 9.64 Å². The Hall–Kier alpha value is -3.46. The van der Waals surface area contributed by atoms with E-state index in [1.807, 2.05) is 30.6 Å². The summed E-state index contributed by atoms with van der Waals surface area (Å²) in [5.41, 5.74) is 1.83. The summed E-state index contributed by atoms with van der Waals surface area (Å²) in [5.74, 6) is 0.846. The molecule has 4 heterocycles. The molecule has 39 heavy (non-hydrogen) atoms. The lowest BCUT2D eigenvalue weighted by atomic mass is 9.90. The fourth-order valence-corrected chi connectivity index (χ4v) is 5.36. The molecule has 206 valence electrons. The first kappa shape index (κ1) is 27.1. The Labute approximate surface area is 226 Å². The summed E-state index contributed by atoms with van der Waals surface area (Å²) < 4.78 is 44.6. The molecular weight excluding hydrogens is 505 g/mol. The molecule has 0 spiro atoms. The number of halogens is 3. The number of benzene rings is 1. The van der Waals surface area contributed by atoms with Crippen molar-refractivity contribution in [3.8, 4) is 5.88 Å². The van der Waals surface area contributed by atoms with Crippen molar-refractivity contribution in [1.29, 1.82) is 0 Å². The third-order valence-electron chi connectivity index (χ3n) is 7.64. The smallest absolute Gasteiger partial charge is 0.416 e. The van der Waals surface area contributed by atoms with Crippen molar-refractivity contribution in [2.45, 2.75) is 50.9 Å². The molecule has 2 aliphatic rings. The zero-order valence-corrected chi connectivity index (χ0v) is 21.8. The number of carbonyl (C=O) groups is 1. The molecule has 0 N–H and O–H groups in total. The van der Waals surface area contributed by atoms with Gasteiger partial charge in [-0.2, -0.15) is 13.2 Å². The van der Waals surface area contributed by atoms with E-state index in [0.29, 0.717) is 37.0 Å². The van der Waals surface area contributed by atoms with Gasteiger partial charge in [0.2, 0.25) is 5.88 Å². The van der Waals surface area contributed by atoms with E-state index in [-0.39, 0.29) is 11.9 Å². The van der Waals surface area contributed by atoms with Crippen LogP contribution in [0.2, 0.25) is 0 Å². The molecule has 0 aliphatic carbocycles. The number of anilines is 1. The van der Waals surface area contributed by atoms with Crippen molar-refractivity contribution in [2.24, 2.45) is 5.92 Å². The predicted octanol–water partition coefficient (Wildman–Crippen LogP) is 6.03. The lowest BCUT2D eigenvalue weighted by molar-refractivity contribution is -0.137. The average molecular weight is 539 g/mol. The number of ether oxygens (including phenoxy) is 1. The van der Waals surface area contributed by atoms with E-state index in [9.17, 15) is 18.0 Å². The van der Waals surface area contributed by atoms with Crippen LogP contribution in [0.25, 0.3) is 0 Å². The number of nitrogens with zero attached hydrogens (tertiary/aromatic N) is 4. The first-order chi connectivity index (χ1) is 18.8. The van der Waals surface area contributed by atoms with Gasteiger partial charge in [-0.15, -0.1) is 0 Å². The molecule has 2 aromatic heterocycles. The molecular formula is C30H33F3N4O2. The SMILES string of the molecule is O=C(CC1CCN(Cc2ccncc2)CC1)c1cccc(OC2CCN(c3ccc(C(F)(F)F)cc3)CC2)n1. The van der Waals surface area contributed by atoms with Gasteiger partial charge in [0.15, 0.2) is 5.78 Å². The average Bonchev–Trinajstić information content (AvgIpc) is 2.95. The summed E-state index contributed by atoms with van der Waals surface area (Å²) in [5, 5.41) is 0. The second-order valence-electron chi connectivity index (χ2n) is 10.4. The van der Waals surface area contributed by atoms with Crippen LogP contribution < -0.4 is 9.64 Å². The fourth-order valence-electron chi connectivity index (χ4n) is 5.36. The van der Waals surface area contributed by atoms with Gasteiger partial charge in [0.25, 0.3) is 0 Å². The summed E-state index contributed by atoms with van der Waals surface area (Å²) >= 11 is 0. The minimum absolute atomic E-state index is 0.0464. The summed E-state index contributed by atoms with van der Waals surface area (Å²) in [6.45, 7) is 4.21. The van der Waals surface area contributed by atoms with Crippen molar-refractivity contribution in [3.63, 3.8) is 0 Å². The highest BCUT2D eigenvalue weighted by Gasteiger charge is 2.30. The highest BCUT2D eigenvalue weighted by atomic mass is 19.4. The molecule has 2 saturated heterocycles. The van der Waals surface area contributed by atoms with Crippen molar-refractivity contribution in [1.82, 2.24) is 14.9 Å². The Kier molecular flexibility index (Phi) is 8.45. The van der Waals surface area contributed by atoms with E-state index < -0.39 is 11.7 Å². The molecule has 0 radical (unpaired) electrons. The predicted molar refractivity (Wildman–Crippen MR) is 143 cm³/mol. The topological polar surface area (TPSA) is 58.6 Å². The van der Waals surface area contributed by atoms with Crippen LogP contribution in [0.1, 0.15) is 53.7 Å². The number of pyridine rings is 2. The van der Waals surface area contributed by atoms with E-state index in [4.69, 9.17) is 4.74 Å². The largest absolute Gasteiger partial charge is 0.474 e. The zero-order valence-electron chi connectivity index (χ0n) is 21.8. The Morgan fingerprint density at radius 2 is 1.59 bits per heavy atom. The zero-order chi connectivity index (χ0) is 27.2. The number of hydrogen-bond donors (Lipinski definition) is 0. The quantitative estimate of drug-likeness (QED) is 0.327. The Morgan fingerprint density at radius 3 is 2.26 bits per heavy atom. The normalized spacial score (nSPS) is 17.8. The number of aromatic nitrogens is 2. The Morgan fingerprint density at radius 1 is 0.897 bits per heavy atom. The summed E-state index contributed by atoms with van der Waals surface area (Å²) in [6.07, 6.45) is 3.16. The number of piperidine rings is 2. The number of ketones is 1. The van der Waals surface area contributed by atoms with Crippen molar-refractivity contribution < 1.29 is 22.7 Å². The van der Waals surface area contributed by atoms with Gasteiger partial charge in [-0.25, -0.2) is 4.98 Å². The van der Waals surface area contributed by atoms with Crippen LogP contribution in [0.15, 0.2) is 67.0 Å². The molecule has 0 bridgehead atoms. The molecule has 6 nitrogen and oxygen atoms in total. The molecule has 0 amide bonds. The van der Waals surface area contributed by atoms with Gasteiger partial charge >= 0.3 is 6.18 Å². The fraction of sp³-hybridized carbons (Fsp3) is 0.433. The van der Waals surface area contributed by atoms with Gasteiger partial charge in [0.05, 0.1) is 5.56 Å². The number of rotatable bonds is 8. The van der Waals surface area contributed by atoms with Crippen LogP contribution in [0.3, 0.4) is 0 Å². The molecule has 5 rings (SSSR count). The lowest BCUT2D eigenvalue weighted by Crippen LogP contribution is -2.38. The maximum absolute atomic E-state index is 13.0. The third kappa shape index (κ3) is 7.35. The molecule has 0 unspecified atom stereocenters. The van der Waals surface area contributed by atoms with Gasteiger partial charge in [-0.05, 0) is 79.9 Å². The maximum atomic E-state index is 13.0. The first-order valence-corrected chi connectivity index (χ1v) is 13.5. The number of Topliss-reactive ketones (excluding diaryl/α,β-unsaturated/α-hetero) is 1. The monoisotopic (exact) mass is 538 g/mol. The second-order valence-corrected chi connectivity index (χ2v) is 10.4. The van der Waals surface area contributed by atoms with Crippen LogP contribution in [0.5, 0.6) is 5.88 Å².